The smallest absolute Gasteiger partial charge is 0.237 e. The fraction of sp³-hybridized carbons (Fsp3) is 0.909. The minimum absolute atomic E-state index is 0.0723. The van der Waals surface area contributed by atoms with E-state index in [1.807, 2.05) is 6.92 Å². The number of methoxy groups -OCH3 is 1. The van der Waals surface area contributed by atoms with E-state index in [2.05, 4.69) is 17.2 Å². The van der Waals surface area contributed by atoms with E-state index in [1.165, 1.54) is 0 Å². The van der Waals surface area contributed by atoms with Gasteiger partial charge in [-0.05, 0) is 26.3 Å². The molecule has 5 heteroatoms. The van der Waals surface area contributed by atoms with Crippen LogP contribution in [0.3, 0.4) is 0 Å². The Morgan fingerprint density at radius 3 is 2.94 bits per heavy atom. The van der Waals surface area contributed by atoms with Crippen molar-refractivity contribution < 1.29 is 9.53 Å². The summed E-state index contributed by atoms with van der Waals surface area (Å²) in [5.41, 5.74) is 2.12. The first-order valence-electron chi connectivity index (χ1n) is 5.79. The first-order chi connectivity index (χ1) is 7.50. The molecule has 1 amide bonds. The van der Waals surface area contributed by atoms with Crippen LogP contribution in [0, 0.1) is 5.92 Å². The first kappa shape index (κ1) is 13.4. The molecule has 1 rings (SSSR count). The molecule has 2 unspecified atom stereocenters. The number of likely N-dealkylation sites (tertiary alicyclic amines) is 1. The Labute approximate surface area is 97.3 Å². The number of nitrogens with two attached hydrogens (primary N) is 1. The summed E-state index contributed by atoms with van der Waals surface area (Å²) < 4.78 is 5.51. The van der Waals surface area contributed by atoms with Gasteiger partial charge in [0.1, 0.15) is 0 Å². The summed E-state index contributed by atoms with van der Waals surface area (Å²) in [5, 5.41) is 0. The molecule has 0 bridgehead atoms. The molecule has 0 aromatic rings. The molecule has 1 saturated heterocycles. The molecule has 1 aliphatic rings. The van der Waals surface area contributed by atoms with Gasteiger partial charge in [0.25, 0.3) is 0 Å². The van der Waals surface area contributed by atoms with Crippen molar-refractivity contribution in [2.24, 2.45) is 11.8 Å². The molecule has 5 nitrogen and oxygen atoms in total. The highest BCUT2D eigenvalue weighted by atomic mass is 16.5. The summed E-state index contributed by atoms with van der Waals surface area (Å²) >= 11 is 0. The number of nitrogens with one attached hydrogen (secondary N) is 1. The summed E-state index contributed by atoms with van der Waals surface area (Å²) in [6.07, 6.45) is 2.19. The standard InChI is InChI=1S/C11H23N3O2/c1-9(10(15)13-12)7-14-6-4-5-11(2,8-14)16-3/h9H,4-8,12H2,1-3H3,(H,13,15). The average Bonchev–Trinajstić information content (AvgIpc) is 2.28. The van der Waals surface area contributed by atoms with E-state index in [1.54, 1.807) is 7.11 Å². The normalized spacial score (nSPS) is 28.8. The maximum Gasteiger partial charge on any atom is 0.237 e. The van der Waals surface area contributed by atoms with Gasteiger partial charge in [-0.3, -0.25) is 15.1 Å². The molecular formula is C11H23N3O2. The lowest BCUT2D eigenvalue weighted by atomic mass is 9.94. The molecule has 3 N–H and O–H groups in total. The lowest BCUT2D eigenvalue weighted by Gasteiger charge is -2.40. The molecule has 1 fully saturated rings. The van der Waals surface area contributed by atoms with Crippen LogP contribution in [0.2, 0.25) is 0 Å². The van der Waals surface area contributed by atoms with Gasteiger partial charge in [0.15, 0.2) is 0 Å². The molecule has 94 valence electrons. The summed E-state index contributed by atoms with van der Waals surface area (Å²) in [7, 11) is 1.75. The maximum atomic E-state index is 11.3. The third-order valence-corrected chi connectivity index (χ3v) is 3.35. The number of carbonyl (C=O) groups is 1. The Bertz CT molecular complexity index is 247. The minimum atomic E-state index is -0.107. The largest absolute Gasteiger partial charge is 0.377 e. The molecule has 0 saturated carbocycles. The van der Waals surface area contributed by atoms with Crippen LogP contribution in [0.25, 0.3) is 0 Å². The van der Waals surface area contributed by atoms with Crippen LogP contribution in [-0.2, 0) is 9.53 Å². The van der Waals surface area contributed by atoms with Crippen LogP contribution in [0.4, 0.5) is 0 Å². The second-order valence-electron chi connectivity index (χ2n) is 4.90. The Balaban J connectivity index is 2.46. The number of hydrogen-bond donors (Lipinski definition) is 2. The second-order valence-corrected chi connectivity index (χ2v) is 4.90. The van der Waals surface area contributed by atoms with Crippen molar-refractivity contribution in [1.82, 2.24) is 10.3 Å². The van der Waals surface area contributed by atoms with Crippen molar-refractivity contribution in [2.75, 3.05) is 26.7 Å². The van der Waals surface area contributed by atoms with Gasteiger partial charge in [-0.1, -0.05) is 6.92 Å². The predicted octanol–water partition coefficient (Wildman–Crippen LogP) is 0.113. The van der Waals surface area contributed by atoms with Gasteiger partial charge >= 0.3 is 0 Å². The van der Waals surface area contributed by atoms with Gasteiger partial charge < -0.3 is 4.74 Å². The third-order valence-electron chi connectivity index (χ3n) is 3.35. The van der Waals surface area contributed by atoms with Gasteiger partial charge in [0.2, 0.25) is 5.91 Å². The SMILES string of the molecule is COC1(C)CCCN(CC(C)C(=O)NN)C1. The van der Waals surface area contributed by atoms with Crippen molar-refractivity contribution >= 4 is 5.91 Å². The maximum absolute atomic E-state index is 11.3. The monoisotopic (exact) mass is 229 g/mol. The summed E-state index contributed by atoms with van der Waals surface area (Å²) in [5.74, 6) is 4.93. The van der Waals surface area contributed by atoms with Gasteiger partial charge in [0, 0.05) is 26.1 Å². The Kier molecular flexibility index (Phi) is 4.70. The van der Waals surface area contributed by atoms with Gasteiger partial charge in [0.05, 0.1) is 5.60 Å². The molecule has 16 heavy (non-hydrogen) atoms. The first-order valence-corrected chi connectivity index (χ1v) is 5.79. The van der Waals surface area contributed by atoms with E-state index in [-0.39, 0.29) is 17.4 Å². The van der Waals surface area contributed by atoms with E-state index < -0.39 is 0 Å². The van der Waals surface area contributed by atoms with E-state index in [4.69, 9.17) is 10.6 Å². The van der Waals surface area contributed by atoms with Crippen LogP contribution >= 0.6 is 0 Å². The molecule has 1 heterocycles. The average molecular weight is 229 g/mol. The van der Waals surface area contributed by atoms with E-state index in [0.717, 1.165) is 32.5 Å². The van der Waals surface area contributed by atoms with Crippen LogP contribution in [-0.4, -0.2) is 43.2 Å². The zero-order chi connectivity index (χ0) is 12.2. The number of hydrazine groups is 1. The lowest BCUT2D eigenvalue weighted by Crippen LogP contribution is -2.50. The van der Waals surface area contributed by atoms with E-state index in [0.29, 0.717) is 0 Å². The molecule has 0 spiro atoms. The molecule has 2 atom stereocenters. The van der Waals surface area contributed by atoms with Crippen molar-refractivity contribution in [3.8, 4) is 0 Å². The highest BCUT2D eigenvalue weighted by Crippen LogP contribution is 2.24. The van der Waals surface area contributed by atoms with Crippen LogP contribution in [0.15, 0.2) is 0 Å². The van der Waals surface area contributed by atoms with Crippen molar-refractivity contribution in [3.63, 3.8) is 0 Å². The summed E-state index contributed by atoms with van der Waals surface area (Å²) in [6, 6.07) is 0. The Hall–Kier alpha value is -0.650. The number of nitrogens with zero attached hydrogens (tertiary/aromatic N) is 1. The van der Waals surface area contributed by atoms with Crippen molar-refractivity contribution in [2.45, 2.75) is 32.3 Å². The Morgan fingerprint density at radius 1 is 1.69 bits per heavy atom. The molecule has 1 aliphatic heterocycles. The topological polar surface area (TPSA) is 67.6 Å². The molecule has 0 aromatic carbocycles. The van der Waals surface area contributed by atoms with Gasteiger partial charge in [-0.15, -0.1) is 0 Å². The number of hydrogen-bond acceptors (Lipinski definition) is 4. The fourth-order valence-corrected chi connectivity index (χ4v) is 2.24. The van der Waals surface area contributed by atoms with Gasteiger partial charge in [-0.2, -0.15) is 0 Å². The predicted molar refractivity (Wildman–Crippen MR) is 62.6 cm³/mol. The zero-order valence-corrected chi connectivity index (χ0v) is 10.5. The second kappa shape index (κ2) is 5.61. The highest BCUT2D eigenvalue weighted by molar-refractivity contribution is 5.77. The number of ether oxygens (including phenoxy) is 1. The third kappa shape index (κ3) is 3.43. The van der Waals surface area contributed by atoms with E-state index >= 15 is 0 Å². The summed E-state index contributed by atoms with van der Waals surface area (Å²) in [4.78, 5) is 13.6. The summed E-state index contributed by atoms with van der Waals surface area (Å²) in [6.45, 7) is 6.66. The lowest BCUT2D eigenvalue weighted by molar-refractivity contribution is -0.126. The number of carbonyl (C=O) groups excluding carboxylic acids is 1. The Morgan fingerprint density at radius 2 is 2.38 bits per heavy atom. The number of piperidine rings is 1. The zero-order valence-electron chi connectivity index (χ0n) is 10.5. The quantitative estimate of drug-likeness (QED) is 0.408. The highest BCUT2D eigenvalue weighted by Gasteiger charge is 2.31. The van der Waals surface area contributed by atoms with Crippen LogP contribution in [0.5, 0.6) is 0 Å². The van der Waals surface area contributed by atoms with Gasteiger partial charge in [-0.25, -0.2) is 5.84 Å². The van der Waals surface area contributed by atoms with E-state index in [9.17, 15) is 4.79 Å². The fourth-order valence-electron chi connectivity index (χ4n) is 2.24. The number of rotatable bonds is 4. The molecule has 0 radical (unpaired) electrons. The molecule has 0 aliphatic carbocycles. The van der Waals surface area contributed by atoms with Crippen molar-refractivity contribution in [1.29, 1.82) is 0 Å². The van der Waals surface area contributed by atoms with Crippen LogP contribution < -0.4 is 11.3 Å². The minimum Gasteiger partial charge on any atom is -0.377 e. The van der Waals surface area contributed by atoms with Crippen molar-refractivity contribution in [3.05, 3.63) is 0 Å². The molecular weight excluding hydrogens is 206 g/mol. The molecule has 0 aromatic heterocycles. The number of amides is 1. The van der Waals surface area contributed by atoms with Crippen LogP contribution in [0.1, 0.15) is 26.7 Å².